The molecule has 166 valence electrons. The van der Waals surface area contributed by atoms with Crippen LogP contribution in [0.15, 0.2) is 121 Å². The number of hydrogen-bond acceptors (Lipinski definition) is 1. The minimum atomic E-state index is -1.81. The van der Waals surface area contributed by atoms with Gasteiger partial charge >= 0.3 is 0 Å². The molecule has 0 fully saturated rings. The maximum atomic E-state index is 12.4. The predicted octanol–water partition coefficient (Wildman–Crippen LogP) is 5.47. The molecule has 1 N–H and O–H groups in total. The van der Waals surface area contributed by atoms with Crippen molar-refractivity contribution in [1.29, 1.82) is 0 Å². The fourth-order valence-electron chi connectivity index (χ4n) is 4.40. The maximum Gasteiger partial charge on any atom is 0.220 e. The molecule has 0 saturated heterocycles. The molecule has 0 radical (unpaired) electrons. The van der Waals surface area contributed by atoms with Gasteiger partial charge in [-0.05, 0) is 54.8 Å². The summed E-state index contributed by atoms with van der Waals surface area (Å²) in [5, 5.41) is 7.26. The number of unbranched alkanes of at least 4 members (excludes halogenated alkanes) is 1. The molecule has 4 aromatic rings. The van der Waals surface area contributed by atoms with Gasteiger partial charge in [0, 0.05) is 13.0 Å². The molecule has 0 unspecified atom stereocenters. The summed E-state index contributed by atoms with van der Waals surface area (Å²) in [5.41, 5.74) is 1.13. The first-order valence-electron chi connectivity index (χ1n) is 11.6. The first-order chi connectivity index (χ1) is 16.3. The second-order valence-electron chi connectivity index (χ2n) is 8.26. The van der Waals surface area contributed by atoms with E-state index < -0.39 is 7.26 Å². The number of rotatable bonds is 10. The van der Waals surface area contributed by atoms with Crippen LogP contribution in [-0.4, -0.2) is 12.1 Å². The standard InChI is InChI=1S/C30H30NOP/c32-30(31-25-26-15-5-1-6-16-26)23-13-14-24-33(27-17-7-2-8-18-27,28-19-9-3-10-20-28)29-21-11-4-12-22-29/h1-12,15-22H,13-14,23-25H2/p+1. The monoisotopic (exact) mass is 452 g/mol. The van der Waals surface area contributed by atoms with Gasteiger partial charge < -0.3 is 5.32 Å². The smallest absolute Gasteiger partial charge is 0.220 e. The van der Waals surface area contributed by atoms with Gasteiger partial charge in [0.25, 0.3) is 0 Å². The van der Waals surface area contributed by atoms with Crippen molar-refractivity contribution in [3.8, 4) is 0 Å². The third-order valence-electron chi connectivity index (χ3n) is 6.07. The summed E-state index contributed by atoms with van der Waals surface area (Å²) in [6.45, 7) is 0.592. The van der Waals surface area contributed by atoms with Crippen LogP contribution in [-0.2, 0) is 11.3 Å². The number of nitrogens with one attached hydrogen (secondary N) is 1. The Labute approximate surface area is 198 Å². The summed E-state index contributed by atoms with van der Waals surface area (Å²) in [6, 6.07) is 42.9. The molecular weight excluding hydrogens is 421 g/mol. The van der Waals surface area contributed by atoms with E-state index in [4.69, 9.17) is 0 Å². The largest absolute Gasteiger partial charge is 0.352 e. The molecule has 0 aromatic heterocycles. The van der Waals surface area contributed by atoms with Gasteiger partial charge in [-0.2, -0.15) is 0 Å². The van der Waals surface area contributed by atoms with Gasteiger partial charge in [-0.3, -0.25) is 4.79 Å². The molecule has 4 rings (SSSR count). The molecule has 0 heterocycles. The molecule has 0 atom stereocenters. The zero-order chi connectivity index (χ0) is 22.8. The Morgan fingerprint density at radius 1 is 0.576 bits per heavy atom. The summed E-state index contributed by atoms with van der Waals surface area (Å²) < 4.78 is 0. The molecule has 2 nitrogen and oxygen atoms in total. The topological polar surface area (TPSA) is 29.1 Å². The van der Waals surface area contributed by atoms with Gasteiger partial charge in [0.2, 0.25) is 5.91 Å². The van der Waals surface area contributed by atoms with Gasteiger partial charge in [-0.25, -0.2) is 0 Å². The lowest BCUT2D eigenvalue weighted by Crippen LogP contribution is -2.33. The van der Waals surface area contributed by atoms with Crippen molar-refractivity contribution >= 4 is 29.1 Å². The first kappa shape index (κ1) is 23.0. The van der Waals surface area contributed by atoms with Crippen molar-refractivity contribution in [2.24, 2.45) is 0 Å². The highest BCUT2D eigenvalue weighted by molar-refractivity contribution is 7.95. The molecule has 3 heteroatoms. The predicted molar refractivity (Wildman–Crippen MR) is 142 cm³/mol. The van der Waals surface area contributed by atoms with Gasteiger partial charge in [0.1, 0.15) is 23.2 Å². The zero-order valence-electron chi connectivity index (χ0n) is 18.9. The minimum Gasteiger partial charge on any atom is -0.352 e. The summed E-state index contributed by atoms with van der Waals surface area (Å²) in [4.78, 5) is 12.4. The molecule has 1 amide bonds. The van der Waals surface area contributed by atoms with Crippen LogP contribution in [0, 0.1) is 0 Å². The number of carbonyl (C=O) groups is 1. The Balaban J connectivity index is 1.50. The third kappa shape index (κ3) is 5.78. The Kier molecular flexibility index (Phi) is 8.06. The number of hydrogen-bond donors (Lipinski definition) is 1. The Morgan fingerprint density at radius 2 is 1.00 bits per heavy atom. The molecule has 4 aromatic carbocycles. The van der Waals surface area contributed by atoms with E-state index in [1.54, 1.807) is 0 Å². The Hall–Kier alpha value is -3.22. The van der Waals surface area contributed by atoms with Crippen LogP contribution in [0.25, 0.3) is 0 Å². The van der Waals surface area contributed by atoms with Crippen LogP contribution in [0.3, 0.4) is 0 Å². The molecule has 0 aliphatic rings. The molecule has 0 bridgehead atoms. The SMILES string of the molecule is O=C(CCCC[P+](c1ccccc1)(c1ccccc1)c1ccccc1)NCc1ccccc1. The first-order valence-corrected chi connectivity index (χ1v) is 13.6. The average Bonchev–Trinajstić information content (AvgIpc) is 2.90. The number of benzene rings is 4. The highest BCUT2D eigenvalue weighted by atomic mass is 31.2. The highest BCUT2D eigenvalue weighted by Crippen LogP contribution is 2.55. The Morgan fingerprint density at radius 3 is 1.45 bits per heavy atom. The van der Waals surface area contributed by atoms with E-state index in [1.807, 2.05) is 30.3 Å². The van der Waals surface area contributed by atoms with Gasteiger partial charge in [0.05, 0.1) is 6.16 Å². The van der Waals surface area contributed by atoms with E-state index >= 15 is 0 Å². The van der Waals surface area contributed by atoms with E-state index in [9.17, 15) is 4.79 Å². The summed E-state index contributed by atoms with van der Waals surface area (Å²) >= 11 is 0. The number of amides is 1. The fraction of sp³-hybridized carbons (Fsp3) is 0.167. The zero-order valence-corrected chi connectivity index (χ0v) is 19.8. The van der Waals surface area contributed by atoms with Crippen molar-refractivity contribution < 1.29 is 4.79 Å². The van der Waals surface area contributed by atoms with Gasteiger partial charge in [-0.15, -0.1) is 0 Å². The lowest BCUT2D eigenvalue weighted by Gasteiger charge is -2.27. The van der Waals surface area contributed by atoms with Crippen LogP contribution in [0.2, 0.25) is 0 Å². The van der Waals surface area contributed by atoms with E-state index in [2.05, 4.69) is 96.3 Å². The van der Waals surface area contributed by atoms with Crippen molar-refractivity contribution in [1.82, 2.24) is 5.32 Å². The fourth-order valence-corrected chi connectivity index (χ4v) is 8.81. The average molecular weight is 453 g/mol. The highest BCUT2D eigenvalue weighted by Gasteiger charge is 2.44. The normalized spacial score (nSPS) is 11.2. The Bertz CT molecular complexity index is 1020. The minimum absolute atomic E-state index is 0.127. The molecular formula is C30H31NOP+. The second kappa shape index (κ2) is 11.6. The number of carbonyl (C=O) groups excluding carboxylic acids is 1. The molecule has 0 aliphatic carbocycles. The van der Waals surface area contributed by atoms with Gasteiger partial charge in [-0.1, -0.05) is 84.9 Å². The molecule has 0 saturated carbocycles. The van der Waals surface area contributed by atoms with Crippen molar-refractivity contribution in [2.45, 2.75) is 25.8 Å². The van der Waals surface area contributed by atoms with Crippen LogP contribution in [0.1, 0.15) is 24.8 Å². The molecule has 33 heavy (non-hydrogen) atoms. The quantitative estimate of drug-likeness (QED) is 0.251. The van der Waals surface area contributed by atoms with E-state index in [0.29, 0.717) is 13.0 Å². The summed E-state index contributed by atoms with van der Waals surface area (Å²) in [7, 11) is -1.81. The second-order valence-corrected chi connectivity index (χ2v) is 11.9. The molecule has 0 aliphatic heterocycles. The van der Waals surface area contributed by atoms with Crippen LogP contribution < -0.4 is 21.2 Å². The maximum absolute atomic E-state index is 12.4. The van der Waals surface area contributed by atoms with Crippen LogP contribution >= 0.6 is 7.26 Å². The van der Waals surface area contributed by atoms with Crippen LogP contribution in [0.5, 0.6) is 0 Å². The van der Waals surface area contributed by atoms with E-state index in [1.165, 1.54) is 15.9 Å². The van der Waals surface area contributed by atoms with Crippen molar-refractivity contribution in [3.05, 3.63) is 127 Å². The van der Waals surface area contributed by atoms with Gasteiger partial charge in [0.15, 0.2) is 0 Å². The van der Waals surface area contributed by atoms with Crippen LogP contribution in [0.4, 0.5) is 0 Å². The summed E-state index contributed by atoms with van der Waals surface area (Å²) in [5.74, 6) is 0.127. The van der Waals surface area contributed by atoms with Crippen molar-refractivity contribution in [2.75, 3.05) is 6.16 Å². The third-order valence-corrected chi connectivity index (χ3v) is 10.6. The lowest BCUT2D eigenvalue weighted by atomic mass is 10.2. The lowest BCUT2D eigenvalue weighted by molar-refractivity contribution is -0.121. The van der Waals surface area contributed by atoms with Crippen molar-refractivity contribution in [3.63, 3.8) is 0 Å². The summed E-state index contributed by atoms with van der Waals surface area (Å²) in [6.07, 6.45) is 3.50. The van der Waals surface area contributed by atoms with E-state index in [0.717, 1.165) is 24.6 Å². The van der Waals surface area contributed by atoms with E-state index in [-0.39, 0.29) is 5.91 Å². The molecule has 0 spiro atoms.